The van der Waals surface area contributed by atoms with Crippen molar-refractivity contribution in [1.29, 1.82) is 0 Å². The van der Waals surface area contributed by atoms with Crippen LogP contribution in [0.1, 0.15) is 5.56 Å². The number of nitro benzene ring substituents is 1. The molecule has 0 radical (unpaired) electrons. The summed E-state index contributed by atoms with van der Waals surface area (Å²) in [5, 5.41) is 13.0. The number of allylic oxidation sites excluding steroid dienone is 4. The van der Waals surface area contributed by atoms with Gasteiger partial charge < -0.3 is 5.32 Å². The van der Waals surface area contributed by atoms with Gasteiger partial charge in [-0.15, -0.1) is 0 Å². The average Bonchev–Trinajstić information content (AvgIpc) is 2.77. The molecule has 1 amide bonds. The third-order valence-corrected chi connectivity index (χ3v) is 3.69. The molecular weight excluding hydrogens is 308 g/mol. The van der Waals surface area contributed by atoms with Gasteiger partial charge in [0, 0.05) is 12.1 Å². The molecule has 1 saturated heterocycles. The number of nitro groups is 1. The van der Waals surface area contributed by atoms with E-state index in [1.807, 2.05) is 6.08 Å². The quantitative estimate of drug-likeness (QED) is 0.303. The van der Waals surface area contributed by atoms with Crippen molar-refractivity contribution < 1.29 is 9.72 Å². The Morgan fingerprint density at radius 2 is 1.90 bits per heavy atom. The van der Waals surface area contributed by atoms with E-state index in [-0.39, 0.29) is 11.6 Å². The molecule has 0 atom stereocenters. The first-order valence-corrected chi connectivity index (χ1v) is 7.11. The van der Waals surface area contributed by atoms with Crippen LogP contribution < -0.4 is 5.32 Å². The zero-order chi connectivity index (χ0) is 15.2. The van der Waals surface area contributed by atoms with Gasteiger partial charge in [0.1, 0.15) is 4.32 Å². The monoisotopic (exact) mass is 318 g/mol. The lowest BCUT2D eigenvalue weighted by molar-refractivity contribution is -0.384. The van der Waals surface area contributed by atoms with Gasteiger partial charge in [0.2, 0.25) is 0 Å². The zero-order valence-corrected chi connectivity index (χ0v) is 12.3. The number of rotatable bonds is 4. The minimum atomic E-state index is -0.436. The molecule has 0 spiro atoms. The largest absolute Gasteiger partial charge is 0.307 e. The molecule has 0 unspecified atom stereocenters. The maximum Gasteiger partial charge on any atom is 0.269 e. The maximum atomic E-state index is 11.4. The van der Waals surface area contributed by atoms with Crippen molar-refractivity contribution in [3.63, 3.8) is 0 Å². The number of non-ortho nitro benzene ring substituents is 1. The molecule has 1 N–H and O–H groups in total. The Morgan fingerprint density at radius 1 is 1.19 bits per heavy atom. The number of thioether (sulfide) groups is 1. The molecule has 21 heavy (non-hydrogen) atoms. The van der Waals surface area contributed by atoms with E-state index < -0.39 is 4.92 Å². The number of nitrogens with zero attached hydrogens (tertiary/aromatic N) is 1. The molecule has 0 aromatic heterocycles. The van der Waals surface area contributed by atoms with Gasteiger partial charge in [-0.2, -0.15) is 0 Å². The van der Waals surface area contributed by atoms with Crippen LogP contribution >= 0.6 is 24.0 Å². The first-order chi connectivity index (χ1) is 10.1. The van der Waals surface area contributed by atoms with Gasteiger partial charge in [0.05, 0.1) is 9.83 Å². The Morgan fingerprint density at radius 3 is 2.48 bits per heavy atom. The number of nitrogens with one attached hydrogen (secondary N) is 1. The van der Waals surface area contributed by atoms with Crippen LogP contribution in [0.4, 0.5) is 5.69 Å². The maximum absolute atomic E-state index is 11.4. The molecule has 7 heteroatoms. The summed E-state index contributed by atoms with van der Waals surface area (Å²) < 4.78 is 0.459. The molecule has 1 heterocycles. The molecule has 5 nitrogen and oxygen atoms in total. The summed E-state index contributed by atoms with van der Waals surface area (Å²) in [6, 6.07) is 6.23. The van der Waals surface area contributed by atoms with Gasteiger partial charge in [0.15, 0.2) is 0 Å². The van der Waals surface area contributed by atoms with E-state index in [1.165, 1.54) is 23.9 Å². The number of carbonyl (C=O) groups excluding carboxylic acids is 1. The fourth-order valence-electron chi connectivity index (χ4n) is 1.52. The second kappa shape index (κ2) is 6.96. The van der Waals surface area contributed by atoms with Crippen molar-refractivity contribution in [3.05, 3.63) is 69.2 Å². The van der Waals surface area contributed by atoms with E-state index in [4.69, 9.17) is 12.2 Å². The first-order valence-electron chi connectivity index (χ1n) is 5.89. The van der Waals surface area contributed by atoms with E-state index in [0.29, 0.717) is 9.23 Å². The predicted octanol–water partition coefficient (Wildman–Crippen LogP) is 3.20. The van der Waals surface area contributed by atoms with E-state index in [0.717, 1.165) is 5.56 Å². The summed E-state index contributed by atoms with van der Waals surface area (Å²) in [5.74, 6) is -0.186. The van der Waals surface area contributed by atoms with Crippen LogP contribution in [0.5, 0.6) is 0 Å². The third kappa shape index (κ3) is 4.37. The van der Waals surface area contributed by atoms with Crippen LogP contribution in [0.25, 0.3) is 6.08 Å². The number of hydrogen-bond donors (Lipinski definition) is 1. The van der Waals surface area contributed by atoms with Crippen molar-refractivity contribution in [1.82, 2.24) is 5.32 Å². The van der Waals surface area contributed by atoms with E-state index in [9.17, 15) is 14.9 Å². The number of amides is 1. The van der Waals surface area contributed by atoms with Crippen molar-refractivity contribution in [2.24, 2.45) is 0 Å². The fourth-order valence-corrected chi connectivity index (χ4v) is 2.51. The highest BCUT2D eigenvalue weighted by Gasteiger charge is 2.20. The average molecular weight is 318 g/mol. The number of carbonyl (C=O) groups is 1. The highest BCUT2D eigenvalue weighted by atomic mass is 32.2. The lowest BCUT2D eigenvalue weighted by Gasteiger charge is -1.92. The standard InChI is InChI=1S/C14H10N2O3S2/c17-13-12(21-14(20)15-13)5-3-1-2-4-10-6-8-11(9-7-10)16(18)19/h1-9H,(H,15,17,20). The first kappa shape index (κ1) is 15.1. The van der Waals surface area contributed by atoms with Gasteiger partial charge in [-0.1, -0.05) is 48.3 Å². The summed E-state index contributed by atoms with van der Waals surface area (Å²) in [6.45, 7) is 0. The van der Waals surface area contributed by atoms with E-state index in [1.54, 1.807) is 36.4 Å². The second-order valence-electron chi connectivity index (χ2n) is 3.97. The summed E-state index contributed by atoms with van der Waals surface area (Å²) in [7, 11) is 0. The Kier molecular flexibility index (Phi) is 5.02. The molecule has 1 aromatic carbocycles. The minimum absolute atomic E-state index is 0.0627. The van der Waals surface area contributed by atoms with E-state index >= 15 is 0 Å². The van der Waals surface area contributed by atoms with Crippen molar-refractivity contribution in [2.75, 3.05) is 0 Å². The van der Waals surface area contributed by atoms with Crippen molar-refractivity contribution in [3.8, 4) is 0 Å². The number of thiocarbonyl (C=S) groups is 1. The lowest BCUT2D eigenvalue weighted by Crippen LogP contribution is -2.17. The van der Waals surface area contributed by atoms with Crippen LogP contribution in [-0.4, -0.2) is 15.2 Å². The van der Waals surface area contributed by atoms with Crippen molar-refractivity contribution in [2.45, 2.75) is 0 Å². The summed E-state index contributed by atoms with van der Waals surface area (Å²) in [4.78, 5) is 22.0. The normalized spacial score (nSPS) is 17.0. The molecule has 1 aromatic rings. The molecule has 2 rings (SSSR count). The molecular formula is C14H10N2O3S2. The van der Waals surface area contributed by atoms with Crippen LogP contribution in [0.3, 0.4) is 0 Å². The van der Waals surface area contributed by atoms with Crippen LogP contribution in [-0.2, 0) is 4.79 Å². The Balaban J connectivity index is 1.94. The topological polar surface area (TPSA) is 72.2 Å². The minimum Gasteiger partial charge on any atom is -0.307 e. The SMILES string of the molecule is O=C1NC(=S)SC1=CC=CC=Cc1ccc([N+](=O)[O-])cc1. The summed E-state index contributed by atoms with van der Waals surface area (Å²) in [5.41, 5.74) is 0.916. The van der Waals surface area contributed by atoms with Gasteiger partial charge in [-0.25, -0.2) is 0 Å². The Bertz CT molecular complexity index is 676. The molecule has 1 fully saturated rings. The Labute approximate surface area is 130 Å². The molecule has 0 aliphatic carbocycles. The van der Waals surface area contributed by atoms with Crippen LogP contribution in [0.2, 0.25) is 0 Å². The van der Waals surface area contributed by atoms with Crippen LogP contribution in [0.15, 0.2) is 53.5 Å². The fraction of sp³-hybridized carbons (Fsp3) is 0. The van der Waals surface area contributed by atoms with E-state index in [2.05, 4.69) is 5.32 Å². The van der Waals surface area contributed by atoms with Gasteiger partial charge in [-0.05, 0) is 23.8 Å². The zero-order valence-electron chi connectivity index (χ0n) is 10.7. The third-order valence-electron chi connectivity index (χ3n) is 2.50. The summed E-state index contributed by atoms with van der Waals surface area (Å²) >= 11 is 6.10. The molecule has 0 saturated carbocycles. The predicted molar refractivity (Wildman–Crippen MR) is 87.7 cm³/mol. The molecule has 0 bridgehead atoms. The summed E-state index contributed by atoms with van der Waals surface area (Å²) in [6.07, 6.45) is 8.78. The highest BCUT2D eigenvalue weighted by Crippen LogP contribution is 2.23. The number of hydrogen-bond acceptors (Lipinski definition) is 5. The molecule has 1 aliphatic rings. The van der Waals surface area contributed by atoms with Crippen molar-refractivity contribution >= 4 is 46.0 Å². The molecule has 106 valence electrons. The van der Waals surface area contributed by atoms with Gasteiger partial charge in [-0.3, -0.25) is 14.9 Å². The van der Waals surface area contributed by atoms with Crippen LogP contribution in [0, 0.1) is 10.1 Å². The second-order valence-corrected chi connectivity index (χ2v) is 5.69. The van der Waals surface area contributed by atoms with Gasteiger partial charge in [0.25, 0.3) is 11.6 Å². The Hall–Kier alpha value is -2.25. The lowest BCUT2D eigenvalue weighted by atomic mass is 10.2. The molecule has 1 aliphatic heterocycles. The highest BCUT2D eigenvalue weighted by molar-refractivity contribution is 8.26. The van der Waals surface area contributed by atoms with Gasteiger partial charge >= 0.3 is 0 Å². The number of benzene rings is 1. The smallest absolute Gasteiger partial charge is 0.269 e.